The van der Waals surface area contributed by atoms with E-state index in [1.165, 1.54) is 0 Å². The molecule has 0 aliphatic carbocycles. The second kappa shape index (κ2) is 3.78. The lowest BCUT2D eigenvalue weighted by Gasteiger charge is -2.07. The number of anilines is 1. The second-order valence-corrected chi connectivity index (χ2v) is 4.67. The largest absolute Gasteiger partial charge is 0.383 e. The van der Waals surface area contributed by atoms with E-state index in [9.17, 15) is 0 Å². The van der Waals surface area contributed by atoms with Gasteiger partial charge in [-0.25, -0.2) is 15.0 Å². The lowest BCUT2D eigenvalue weighted by molar-refractivity contribution is 1.08. The monoisotopic (exact) mass is 258 g/mol. The minimum Gasteiger partial charge on any atom is -0.383 e. The molecule has 0 unspecified atom stereocenters. The first-order valence-electron chi connectivity index (χ1n) is 5.56. The summed E-state index contributed by atoms with van der Waals surface area (Å²) in [6.07, 6.45) is 0. The normalized spacial score (nSPS) is 11.3. The Hall–Kier alpha value is -1.94. The molecule has 0 fully saturated rings. The van der Waals surface area contributed by atoms with Gasteiger partial charge in [-0.3, -0.25) is 0 Å². The summed E-state index contributed by atoms with van der Waals surface area (Å²) < 4.78 is 0. The van der Waals surface area contributed by atoms with Crippen molar-refractivity contribution in [2.45, 2.75) is 13.8 Å². The fourth-order valence-electron chi connectivity index (χ4n) is 2.03. The number of rotatable bonds is 0. The van der Waals surface area contributed by atoms with Crippen LogP contribution >= 0.6 is 11.6 Å². The third-order valence-electron chi connectivity index (χ3n) is 2.98. The number of pyridine rings is 1. The van der Waals surface area contributed by atoms with Crippen molar-refractivity contribution in [3.05, 3.63) is 34.6 Å². The molecule has 0 aliphatic rings. The van der Waals surface area contributed by atoms with Crippen LogP contribution in [0.2, 0.25) is 5.02 Å². The highest BCUT2D eigenvalue weighted by Gasteiger charge is 2.09. The van der Waals surface area contributed by atoms with Crippen LogP contribution in [0, 0.1) is 13.8 Å². The highest BCUT2D eigenvalue weighted by molar-refractivity contribution is 6.32. The Morgan fingerprint density at radius 2 is 1.89 bits per heavy atom. The number of aromatic nitrogens is 3. The fourth-order valence-corrected chi connectivity index (χ4v) is 2.19. The molecular weight excluding hydrogens is 248 g/mol. The maximum atomic E-state index is 6.10. The number of aryl methyl sites for hydroxylation is 2. The summed E-state index contributed by atoms with van der Waals surface area (Å²) in [6, 6.07) is 5.74. The topological polar surface area (TPSA) is 64.7 Å². The van der Waals surface area contributed by atoms with Gasteiger partial charge in [0, 0.05) is 10.4 Å². The van der Waals surface area contributed by atoms with Gasteiger partial charge in [0.1, 0.15) is 11.6 Å². The van der Waals surface area contributed by atoms with E-state index in [4.69, 9.17) is 17.3 Å². The van der Waals surface area contributed by atoms with Gasteiger partial charge in [-0.1, -0.05) is 17.7 Å². The molecule has 0 bridgehead atoms. The first-order chi connectivity index (χ1) is 8.56. The number of fused-ring (bicyclic) bond motifs is 2. The maximum absolute atomic E-state index is 6.10. The number of hydrogen-bond acceptors (Lipinski definition) is 4. The van der Waals surface area contributed by atoms with E-state index in [-0.39, 0.29) is 0 Å². The zero-order valence-corrected chi connectivity index (χ0v) is 10.8. The van der Waals surface area contributed by atoms with Crippen LogP contribution in [0.4, 0.5) is 5.82 Å². The molecule has 0 radical (unpaired) electrons. The molecule has 2 heterocycles. The smallest absolute Gasteiger partial charge is 0.165 e. The van der Waals surface area contributed by atoms with Crippen LogP contribution in [0.1, 0.15) is 11.4 Å². The number of hydrogen-bond donors (Lipinski definition) is 1. The standard InChI is InChI=1S/C13H11ClN4/c1-6-10(14)4-3-8-5-9-12(15)16-7(2)17-13(9)18-11(6)8/h3-5H,1-2H3,(H2,15,16,17,18). The van der Waals surface area contributed by atoms with Crippen LogP contribution in [-0.4, -0.2) is 15.0 Å². The predicted molar refractivity (Wildman–Crippen MR) is 73.7 cm³/mol. The molecule has 0 atom stereocenters. The van der Waals surface area contributed by atoms with Crippen LogP contribution in [-0.2, 0) is 0 Å². The van der Waals surface area contributed by atoms with Crippen molar-refractivity contribution in [3.8, 4) is 0 Å². The molecule has 0 saturated heterocycles. The SMILES string of the molecule is Cc1nc(N)c2cc3ccc(Cl)c(C)c3nc2n1. The Morgan fingerprint density at radius 3 is 2.67 bits per heavy atom. The van der Waals surface area contributed by atoms with E-state index < -0.39 is 0 Å². The molecule has 5 heteroatoms. The van der Waals surface area contributed by atoms with E-state index in [0.717, 1.165) is 21.9 Å². The molecule has 1 aromatic carbocycles. The van der Waals surface area contributed by atoms with Crippen molar-refractivity contribution in [2.75, 3.05) is 5.73 Å². The zero-order valence-electron chi connectivity index (χ0n) is 10.0. The van der Waals surface area contributed by atoms with Gasteiger partial charge < -0.3 is 5.73 Å². The summed E-state index contributed by atoms with van der Waals surface area (Å²) in [5.41, 5.74) is 8.31. The van der Waals surface area contributed by atoms with E-state index in [2.05, 4.69) is 15.0 Å². The highest BCUT2D eigenvalue weighted by atomic mass is 35.5. The molecule has 0 aliphatic heterocycles. The van der Waals surface area contributed by atoms with Gasteiger partial charge in [-0.05, 0) is 31.5 Å². The molecule has 0 spiro atoms. The summed E-state index contributed by atoms with van der Waals surface area (Å²) in [7, 11) is 0. The minimum absolute atomic E-state index is 0.458. The number of nitrogens with zero attached hydrogens (tertiary/aromatic N) is 3. The molecule has 2 aromatic heterocycles. The average Bonchev–Trinajstić information content (AvgIpc) is 2.33. The lowest BCUT2D eigenvalue weighted by Crippen LogP contribution is -1.99. The Bertz CT molecular complexity index is 783. The fraction of sp³-hybridized carbons (Fsp3) is 0.154. The van der Waals surface area contributed by atoms with Gasteiger partial charge >= 0.3 is 0 Å². The zero-order chi connectivity index (χ0) is 12.9. The van der Waals surface area contributed by atoms with Crippen LogP contribution in [0.25, 0.3) is 21.9 Å². The Morgan fingerprint density at radius 1 is 1.11 bits per heavy atom. The molecule has 0 amide bonds. The average molecular weight is 259 g/mol. The van der Waals surface area contributed by atoms with E-state index in [0.29, 0.717) is 22.3 Å². The third kappa shape index (κ3) is 1.57. The Kier molecular flexibility index (Phi) is 2.35. The van der Waals surface area contributed by atoms with E-state index in [1.54, 1.807) is 6.92 Å². The molecule has 3 aromatic rings. The Balaban J connectivity index is 2.51. The van der Waals surface area contributed by atoms with Gasteiger partial charge in [0.25, 0.3) is 0 Å². The van der Waals surface area contributed by atoms with Gasteiger partial charge in [0.2, 0.25) is 0 Å². The molecule has 0 saturated carbocycles. The highest BCUT2D eigenvalue weighted by Crippen LogP contribution is 2.27. The summed E-state index contributed by atoms with van der Waals surface area (Å²) in [4.78, 5) is 13.0. The molecule has 90 valence electrons. The van der Waals surface area contributed by atoms with Crippen LogP contribution in [0.5, 0.6) is 0 Å². The quantitative estimate of drug-likeness (QED) is 0.630. The molecule has 4 nitrogen and oxygen atoms in total. The van der Waals surface area contributed by atoms with Crippen molar-refractivity contribution in [3.63, 3.8) is 0 Å². The van der Waals surface area contributed by atoms with Gasteiger partial charge in [0.05, 0.1) is 10.9 Å². The van der Waals surface area contributed by atoms with Gasteiger partial charge in [0.15, 0.2) is 5.65 Å². The van der Waals surface area contributed by atoms with Crippen LogP contribution < -0.4 is 5.73 Å². The lowest BCUT2D eigenvalue weighted by atomic mass is 10.1. The Labute approximate surface area is 109 Å². The van der Waals surface area contributed by atoms with E-state index >= 15 is 0 Å². The van der Waals surface area contributed by atoms with E-state index in [1.807, 2.05) is 25.1 Å². The van der Waals surface area contributed by atoms with Crippen molar-refractivity contribution >= 4 is 39.4 Å². The third-order valence-corrected chi connectivity index (χ3v) is 3.39. The summed E-state index contributed by atoms with van der Waals surface area (Å²) in [5.74, 6) is 1.08. The first-order valence-corrected chi connectivity index (χ1v) is 5.94. The van der Waals surface area contributed by atoms with Crippen LogP contribution in [0.15, 0.2) is 18.2 Å². The van der Waals surface area contributed by atoms with Crippen LogP contribution in [0.3, 0.4) is 0 Å². The van der Waals surface area contributed by atoms with Gasteiger partial charge in [-0.2, -0.15) is 0 Å². The maximum Gasteiger partial charge on any atom is 0.165 e. The number of nitrogen functional groups attached to an aromatic ring is 1. The van der Waals surface area contributed by atoms with Gasteiger partial charge in [-0.15, -0.1) is 0 Å². The van der Waals surface area contributed by atoms with Crippen molar-refractivity contribution in [2.24, 2.45) is 0 Å². The number of nitrogens with two attached hydrogens (primary N) is 1. The molecule has 2 N–H and O–H groups in total. The molecule has 3 rings (SSSR count). The minimum atomic E-state index is 0.458. The van der Waals surface area contributed by atoms with Crippen molar-refractivity contribution < 1.29 is 0 Å². The summed E-state index contributed by atoms with van der Waals surface area (Å²) in [6.45, 7) is 3.74. The number of benzene rings is 1. The first kappa shape index (κ1) is 11.2. The predicted octanol–water partition coefficient (Wildman–Crippen LogP) is 3.03. The summed E-state index contributed by atoms with van der Waals surface area (Å²) >= 11 is 6.10. The van der Waals surface area contributed by atoms with Crippen molar-refractivity contribution in [1.82, 2.24) is 15.0 Å². The van der Waals surface area contributed by atoms with Crippen molar-refractivity contribution in [1.29, 1.82) is 0 Å². The summed E-state index contributed by atoms with van der Waals surface area (Å²) in [5, 5.41) is 2.46. The molecular formula is C13H11ClN4. The second-order valence-electron chi connectivity index (χ2n) is 4.26. The molecule has 18 heavy (non-hydrogen) atoms. The number of halogens is 1.